The molecule has 0 radical (unpaired) electrons. The van der Waals surface area contributed by atoms with E-state index in [9.17, 15) is 4.79 Å². The van der Waals surface area contributed by atoms with E-state index < -0.39 is 0 Å². The predicted octanol–water partition coefficient (Wildman–Crippen LogP) is 2.26. The Labute approximate surface area is 108 Å². The number of aryl methyl sites for hydroxylation is 2. The molecule has 1 amide bonds. The Bertz CT molecular complexity index is 543. The molecule has 2 aromatic rings. The quantitative estimate of drug-likeness (QED) is 0.944. The number of carbonyl (C=O) groups excluding carboxylic acids is 1. The first-order chi connectivity index (χ1) is 8.10. The van der Waals surface area contributed by atoms with E-state index in [1.54, 1.807) is 30.1 Å². The van der Waals surface area contributed by atoms with Crippen molar-refractivity contribution in [3.8, 4) is 0 Å². The van der Waals surface area contributed by atoms with Gasteiger partial charge in [-0.1, -0.05) is 0 Å². The van der Waals surface area contributed by atoms with E-state index in [0.717, 1.165) is 11.0 Å². The summed E-state index contributed by atoms with van der Waals surface area (Å²) in [6.45, 7) is 2.74. The molecule has 0 aliphatic rings. The second-order valence-corrected chi connectivity index (χ2v) is 4.57. The van der Waals surface area contributed by atoms with Gasteiger partial charge in [0.05, 0.1) is 0 Å². The Morgan fingerprint density at radius 1 is 1.59 bits per heavy atom. The van der Waals surface area contributed by atoms with Gasteiger partial charge >= 0.3 is 0 Å². The summed E-state index contributed by atoms with van der Waals surface area (Å²) < 4.78 is 4.41. The van der Waals surface area contributed by atoms with E-state index >= 15 is 0 Å². The topological polar surface area (TPSA) is 51.9 Å². The van der Waals surface area contributed by atoms with Gasteiger partial charge in [-0.05, 0) is 28.9 Å². The summed E-state index contributed by atoms with van der Waals surface area (Å²) in [5, 5.41) is 6.86. The monoisotopic (exact) mass is 296 g/mol. The van der Waals surface area contributed by atoms with Crippen LogP contribution in [0.1, 0.15) is 17.4 Å². The van der Waals surface area contributed by atoms with Crippen LogP contribution in [0.3, 0.4) is 0 Å². The Balaban J connectivity index is 2.19. The normalized spacial score (nSPS) is 10.5. The zero-order chi connectivity index (χ0) is 12.4. The van der Waals surface area contributed by atoms with Crippen LogP contribution < -0.4 is 5.32 Å². The first kappa shape index (κ1) is 11.9. The van der Waals surface area contributed by atoms with Crippen molar-refractivity contribution in [1.29, 1.82) is 0 Å². The largest absolute Gasteiger partial charge is 0.343 e. The van der Waals surface area contributed by atoms with E-state index in [2.05, 4.69) is 26.3 Å². The molecule has 0 aliphatic carbocycles. The third-order valence-electron chi connectivity index (χ3n) is 2.39. The lowest BCUT2D eigenvalue weighted by Crippen LogP contribution is -2.16. The molecule has 90 valence electrons. The highest BCUT2D eigenvalue weighted by molar-refractivity contribution is 9.10. The van der Waals surface area contributed by atoms with Crippen LogP contribution in [0.5, 0.6) is 0 Å². The zero-order valence-corrected chi connectivity index (χ0v) is 11.2. The van der Waals surface area contributed by atoms with Gasteiger partial charge in [0.15, 0.2) is 5.82 Å². The number of anilines is 1. The Morgan fingerprint density at radius 3 is 2.94 bits per heavy atom. The Morgan fingerprint density at radius 2 is 2.35 bits per heavy atom. The Hall–Kier alpha value is -1.56. The second-order valence-electron chi connectivity index (χ2n) is 3.66. The van der Waals surface area contributed by atoms with Crippen molar-refractivity contribution >= 4 is 27.7 Å². The number of aromatic nitrogens is 3. The summed E-state index contributed by atoms with van der Waals surface area (Å²) in [4.78, 5) is 12.0. The third-order valence-corrected chi connectivity index (χ3v) is 2.83. The van der Waals surface area contributed by atoms with Gasteiger partial charge < -0.3 is 9.88 Å². The lowest BCUT2D eigenvalue weighted by molar-refractivity contribution is 0.101. The highest BCUT2D eigenvalue weighted by atomic mass is 79.9. The van der Waals surface area contributed by atoms with Crippen LogP contribution in [0.25, 0.3) is 0 Å². The minimum atomic E-state index is -0.156. The van der Waals surface area contributed by atoms with E-state index in [1.807, 2.05) is 17.7 Å². The standard InChI is InChI=1S/C11H13BrN4O/c1-3-16-7-8(12)6-9(16)11(17)13-10-4-5-15(2)14-10/h4-7H,3H2,1-2H3,(H,13,14,17). The molecular weight excluding hydrogens is 284 g/mol. The van der Waals surface area contributed by atoms with Crippen molar-refractivity contribution in [3.63, 3.8) is 0 Å². The minimum absolute atomic E-state index is 0.156. The summed E-state index contributed by atoms with van der Waals surface area (Å²) in [7, 11) is 1.81. The number of hydrogen-bond acceptors (Lipinski definition) is 2. The van der Waals surface area contributed by atoms with Gasteiger partial charge in [0, 0.05) is 36.5 Å². The third kappa shape index (κ3) is 2.58. The fourth-order valence-electron chi connectivity index (χ4n) is 1.59. The van der Waals surface area contributed by atoms with Gasteiger partial charge in [-0.3, -0.25) is 9.48 Å². The molecule has 0 atom stereocenters. The zero-order valence-electron chi connectivity index (χ0n) is 9.64. The number of nitrogens with zero attached hydrogens (tertiary/aromatic N) is 3. The van der Waals surface area contributed by atoms with E-state index in [4.69, 9.17) is 0 Å². The smallest absolute Gasteiger partial charge is 0.273 e. The maximum absolute atomic E-state index is 12.0. The maximum Gasteiger partial charge on any atom is 0.273 e. The van der Waals surface area contributed by atoms with Crippen LogP contribution in [0, 0.1) is 0 Å². The molecule has 1 N–H and O–H groups in total. The van der Waals surface area contributed by atoms with Gasteiger partial charge in [0.2, 0.25) is 0 Å². The van der Waals surface area contributed by atoms with Crippen molar-refractivity contribution in [2.24, 2.45) is 7.05 Å². The van der Waals surface area contributed by atoms with Crippen molar-refractivity contribution in [3.05, 3.63) is 34.7 Å². The molecule has 0 bridgehead atoms. The van der Waals surface area contributed by atoms with Gasteiger partial charge in [-0.25, -0.2) is 0 Å². The number of carbonyl (C=O) groups is 1. The first-order valence-electron chi connectivity index (χ1n) is 5.27. The highest BCUT2D eigenvalue weighted by Gasteiger charge is 2.13. The van der Waals surface area contributed by atoms with Crippen LogP contribution >= 0.6 is 15.9 Å². The molecule has 6 heteroatoms. The molecule has 2 heterocycles. The predicted molar refractivity (Wildman–Crippen MR) is 69.0 cm³/mol. The van der Waals surface area contributed by atoms with Crippen molar-refractivity contribution < 1.29 is 4.79 Å². The first-order valence-corrected chi connectivity index (χ1v) is 6.06. The second kappa shape index (κ2) is 4.75. The molecule has 2 aromatic heterocycles. The molecular formula is C11H13BrN4O. The fourth-order valence-corrected chi connectivity index (χ4v) is 2.05. The lowest BCUT2D eigenvalue weighted by atomic mass is 10.4. The number of halogens is 1. The van der Waals surface area contributed by atoms with Crippen LogP contribution in [-0.2, 0) is 13.6 Å². The van der Waals surface area contributed by atoms with Crippen LogP contribution in [0.4, 0.5) is 5.82 Å². The number of amides is 1. The van der Waals surface area contributed by atoms with Gasteiger partial charge in [0.25, 0.3) is 5.91 Å². The van der Waals surface area contributed by atoms with Crippen molar-refractivity contribution in [1.82, 2.24) is 14.3 Å². The molecule has 2 rings (SSSR count). The molecule has 17 heavy (non-hydrogen) atoms. The molecule has 0 spiro atoms. The van der Waals surface area contributed by atoms with Gasteiger partial charge in [-0.15, -0.1) is 0 Å². The highest BCUT2D eigenvalue weighted by Crippen LogP contribution is 2.16. The minimum Gasteiger partial charge on any atom is -0.343 e. The van der Waals surface area contributed by atoms with Crippen molar-refractivity contribution in [2.45, 2.75) is 13.5 Å². The molecule has 0 aliphatic heterocycles. The van der Waals surface area contributed by atoms with Crippen LogP contribution in [0.15, 0.2) is 29.0 Å². The lowest BCUT2D eigenvalue weighted by Gasteiger charge is -2.05. The molecule has 5 nitrogen and oxygen atoms in total. The summed E-state index contributed by atoms with van der Waals surface area (Å²) in [6.07, 6.45) is 3.66. The van der Waals surface area contributed by atoms with E-state index in [-0.39, 0.29) is 5.91 Å². The number of nitrogens with one attached hydrogen (secondary N) is 1. The van der Waals surface area contributed by atoms with Crippen LogP contribution in [-0.4, -0.2) is 20.3 Å². The molecule has 0 aromatic carbocycles. The molecule has 0 saturated heterocycles. The maximum atomic E-state index is 12.0. The summed E-state index contributed by atoms with van der Waals surface area (Å²) in [5.74, 6) is 0.397. The summed E-state index contributed by atoms with van der Waals surface area (Å²) >= 11 is 3.36. The SMILES string of the molecule is CCn1cc(Br)cc1C(=O)Nc1ccn(C)n1. The van der Waals surface area contributed by atoms with Gasteiger partial charge in [0.1, 0.15) is 5.69 Å². The number of hydrogen-bond donors (Lipinski definition) is 1. The molecule has 0 unspecified atom stereocenters. The average Bonchev–Trinajstić information content (AvgIpc) is 2.84. The average molecular weight is 297 g/mol. The van der Waals surface area contributed by atoms with Crippen molar-refractivity contribution in [2.75, 3.05) is 5.32 Å². The molecule has 0 saturated carbocycles. The van der Waals surface area contributed by atoms with E-state index in [0.29, 0.717) is 11.5 Å². The summed E-state index contributed by atoms with van der Waals surface area (Å²) in [6, 6.07) is 3.55. The Kier molecular flexibility index (Phi) is 3.33. The molecule has 0 fully saturated rings. The fraction of sp³-hybridized carbons (Fsp3) is 0.273. The van der Waals surface area contributed by atoms with E-state index in [1.165, 1.54) is 0 Å². The van der Waals surface area contributed by atoms with Gasteiger partial charge in [-0.2, -0.15) is 5.10 Å². The summed E-state index contributed by atoms with van der Waals surface area (Å²) in [5.41, 5.74) is 0.616. The van der Waals surface area contributed by atoms with Crippen LogP contribution in [0.2, 0.25) is 0 Å². The number of rotatable bonds is 3.